The van der Waals surface area contributed by atoms with Crippen molar-refractivity contribution >= 4 is 5.91 Å². The highest BCUT2D eigenvalue weighted by Gasteiger charge is 2.25. The van der Waals surface area contributed by atoms with Gasteiger partial charge < -0.3 is 38.5 Å². The quantitative estimate of drug-likeness (QED) is 0.163. The lowest BCUT2D eigenvalue weighted by Crippen LogP contribution is -2.31. The van der Waals surface area contributed by atoms with Gasteiger partial charge in [0.25, 0.3) is 0 Å². The molecule has 9 heteroatoms. The number of carbonyl (C=O) groups is 1. The molecule has 0 aliphatic heterocycles. The van der Waals surface area contributed by atoms with Crippen molar-refractivity contribution in [3.8, 4) is 0 Å². The predicted octanol–water partition coefficient (Wildman–Crippen LogP) is 2.62. The maximum atomic E-state index is 10.9. The summed E-state index contributed by atoms with van der Waals surface area (Å²) in [5.74, 6) is -0.202. The Labute approximate surface area is 206 Å². The Bertz CT molecular complexity index is 494. The Balaban J connectivity index is 3.21. The maximum Gasteiger partial charge on any atom is 0.243 e. The van der Waals surface area contributed by atoms with Gasteiger partial charge in [0, 0.05) is 6.54 Å². The van der Waals surface area contributed by atoms with Crippen molar-refractivity contribution in [1.29, 1.82) is 0 Å². The molecule has 0 spiro atoms. The molecule has 0 unspecified atom stereocenters. The normalized spacial score (nSPS) is 12.1. The molecule has 1 N–H and O–H groups in total. The van der Waals surface area contributed by atoms with Gasteiger partial charge in [-0.3, -0.25) is 4.79 Å². The van der Waals surface area contributed by atoms with E-state index in [0.717, 1.165) is 6.42 Å². The lowest BCUT2D eigenvalue weighted by atomic mass is 9.84. The smallest absolute Gasteiger partial charge is 0.243 e. The number of nitrogens with one attached hydrogen (secondary N) is 1. The number of ether oxygens (including phenoxy) is 7. The molecule has 0 bridgehead atoms. The Hall–Kier alpha value is -1.07. The van der Waals surface area contributed by atoms with Crippen LogP contribution in [0.1, 0.15) is 41.0 Å². The van der Waals surface area contributed by atoms with Gasteiger partial charge >= 0.3 is 0 Å². The van der Waals surface area contributed by atoms with Gasteiger partial charge in [0.2, 0.25) is 5.91 Å². The van der Waals surface area contributed by atoms with E-state index in [1.807, 2.05) is 0 Å². The summed E-state index contributed by atoms with van der Waals surface area (Å²) in [6.07, 6.45) is 2.23. The monoisotopic (exact) mass is 491 g/mol. The summed E-state index contributed by atoms with van der Waals surface area (Å²) in [7, 11) is 0. The minimum absolute atomic E-state index is 0.144. The zero-order valence-electron chi connectivity index (χ0n) is 22.2. The van der Waals surface area contributed by atoms with Crippen LogP contribution in [0, 0.1) is 5.41 Å². The zero-order valence-corrected chi connectivity index (χ0v) is 22.2. The zero-order chi connectivity index (χ0) is 25.5. The third-order valence-electron chi connectivity index (χ3n) is 4.27. The van der Waals surface area contributed by atoms with E-state index >= 15 is 0 Å². The summed E-state index contributed by atoms with van der Waals surface area (Å²) in [5.41, 5.74) is 0.0974. The van der Waals surface area contributed by atoms with Crippen LogP contribution in [-0.4, -0.2) is 104 Å². The molecular weight excluding hydrogens is 442 g/mol. The van der Waals surface area contributed by atoms with E-state index < -0.39 is 0 Å². The second-order valence-corrected chi connectivity index (χ2v) is 9.51. The van der Waals surface area contributed by atoms with E-state index in [1.165, 1.54) is 6.08 Å². The average Bonchev–Trinajstić information content (AvgIpc) is 2.75. The highest BCUT2D eigenvalue weighted by Crippen LogP contribution is 2.29. The van der Waals surface area contributed by atoms with Crippen LogP contribution in [0.5, 0.6) is 0 Å². The van der Waals surface area contributed by atoms with Crippen LogP contribution < -0.4 is 5.32 Å². The van der Waals surface area contributed by atoms with Crippen LogP contribution in [0.3, 0.4) is 0 Å². The number of rotatable bonds is 24. The molecule has 0 fully saturated rings. The first-order valence-corrected chi connectivity index (χ1v) is 12.2. The van der Waals surface area contributed by atoms with Crippen LogP contribution in [0.25, 0.3) is 0 Å². The van der Waals surface area contributed by atoms with Crippen LogP contribution in [-0.2, 0) is 38.0 Å². The van der Waals surface area contributed by atoms with Gasteiger partial charge in [-0.1, -0.05) is 27.4 Å². The number of carbonyl (C=O) groups excluding carboxylic acids is 1. The first kappa shape index (κ1) is 32.9. The fourth-order valence-corrected chi connectivity index (χ4v) is 3.23. The fraction of sp³-hybridized carbons (Fsp3) is 0.880. The Morgan fingerprint density at radius 1 is 0.647 bits per heavy atom. The standard InChI is InChI=1S/C25H49NO8/c1-7-23(27)26-8-9-28-10-11-29-12-13-30-14-15-31-16-17-32-18-19-33-20-21-34-25(5,6)22-24(2,3)4/h7H,1,8-22H2,2-6H3,(H,26,27). The van der Waals surface area contributed by atoms with Crippen molar-refractivity contribution in [2.75, 3.05) is 92.4 Å². The van der Waals surface area contributed by atoms with Gasteiger partial charge in [-0.15, -0.1) is 0 Å². The first-order valence-electron chi connectivity index (χ1n) is 12.2. The minimum atomic E-state index is -0.202. The van der Waals surface area contributed by atoms with Crippen molar-refractivity contribution in [2.45, 2.75) is 46.6 Å². The molecule has 34 heavy (non-hydrogen) atoms. The molecule has 0 radical (unpaired) electrons. The molecular formula is C25H49NO8. The summed E-state index contributed by atoms with van der Waals surface area (Å²) in [6, 6.07) is 0. The molecule has 9 nitrogen and oxygen atoms in total. The minimum Gasteiger partial charge on any atom is -0.377 e. The van der Waals surface area contributed by atoms with Gasteiger partial charge in [-0.05, 0) is 31.8 Å². The van der Waals surface area contributed by atoms with E-state index in [1.54, 1.807) is 0 Å². The second-order valence-electron chi connectivity index (χ2n) is 9.51. The van der Waals surface area contributed by atoms with Crippen molar-refractivity contribution < 1.29 is 38.0 Å². The topological polar surface area (TPSA) is 93.7 Å². The summed E-state index contributed by atoms with van der Waals surface area (Å²) in [6.45, 7) is 21.4. The van der Waals surface area contributed by atoms with E-state index in [4.69, 9.17) is 33.2 Å². The number of amides is 1. The van der Waals surface area contributed by atoms with Gasteiger partial charge in [0.05, 0.1) is 91.5 Å². The first-order chi connectivity index (χ1) is 16.2. The number of hydrogen-bond acceptors (Lipinski definition) is 8. The molecule has 0 saturated heterocycles. The maximum absolute atomic E-state index is 10.9. The molecule has 0 heterocycles. The summed E-state index contributed by atoms with van der Waals surface area (Å²) in [4.78, 5) is 10.9. The summed E-state index contributed by atoms with van der Waals surface area (Å²) >= 11 is 0. The summed E-state index contributed by atoms with van der Waals surface area (Å²) in [5, 5.41) is 2.63. The molecule has 0 aromatic heterocycles. The van der Waals surface area contributed by atoms with Crippen LogP contribution in [0.15, 0.2) is 12.7 Å². The molecule has 0 rings (SSSR count). The SMILES string of the molecule is C=CC(=O)NCCOCCOCCOCCOCCOCCOCCOC(C)(C)CC(C)(C)C. The molecule has 0 aliphatic carbocycles. The molecule has 0 aromatic rings. The van der Waals surface area contributed by atoms with Gasteiger partial charge in [-0.2, -0.15) is 0 Å². The van der Waals surface area contributed by atoms with Crippen molar-refractivity contribution in [3.63, 3.8) is 0 Å². The van der Waals surface area contributed by atoms with Crippen molar-refractivity contribution in [2.24, 2.45) is 5.41 Å². The molecule has 0 aromatic carbocycles. The Morgan fingerprint density at radius 3 is 1.35 bits per heavy atom. The molecule has 0 atom stereocenters. The van der Waals surface area contributed by atoms with Crippen LogP contribution in [0.2, 0.25) is 0 Å². The van der Waals surface area contributed by atoms with Gasteiger partial charge in [-0.25, -0.2) is 0 Å². The van der Waals surface area contributed by atoms with E-state index in [9.17, 15) is 4.79 Å². The Kier molecular flexibility index (Phi) is 20.6. The highest BCUT2D eigenvalue weighted by molar-refractivity contribution is 5.86. The van der Waals surface area contributed by atoms with Gasteiger partial charge in [0.1, 0.15) is 0 Å². The summed E-state index contributed by atoms with van der Waals surface area (Å²) < 4.78 is 38.6. The van der Waals surface area contributed by atoms with Crippen molar-refractivity contribution in [1.82, 2.24) is 5.32 Å². The molecule has 0 aliphatic rings. The average molecular weight is 492 g/mol. The highest BCUT2D eigenvalue weighted by atomic mass is 16.6. The second kappa shape index (κ2) is 21.2. The largest absolute Gasteiger partial charge is 0.377 e. The number of hydrogen-bond donors (Lipinski definition) is 1. The predicted molar refractivity (Wildman–Crippen MR) is 132 cm³/mol. The van der Waals surface area contributed by atoms with Gasteiger partial charge in [0.15, 0.2) is 0 Å². The van der Waals surface area contributed by atoms with Crippen molar-refractivity contribution in [3.05, 3.63) is 12.7 Å². The van der Waals surface area contributed by atoms with E-state index in [0.29, 0.717) is 92.4 Å². The molecule has 0 saturated carbocycles. The lowest BCUT2D eigenvalue weighted by molar-refractivity contribution is -0.116. The van der Waals surface area contributed by atoms with Crippen LogP contribution in [0.4, 0.5) is 0 Å². The van der Waals surface area contributed by atoms with E-state index in [2.05, 4.69) is 46.5 Å². The molecule has 1 amide bonds. The van der Waals surface area contributed by atoms with E-state index in [-0.39, 0.29) is 16.9 Å². The fourth-order valence-electron chi connectivity index (χ4n) is 3.23. The molecule has 202 valence electrons. The lowest BCUT2D eigenvalue weighted by Gasteiger charge is -2.32. The third kappa shape index (κ3) is 25.6. The third-order valence-corrected chi connectivity index (χ3v) is 4.27. The van der Waals surface area contributed by atoms with Crippen LogP contribution >= 0.6 is 0 Å². The Morgan fingerprint density at radius 2 is 1.00 bits per heavy atom.